The van der Waals surface area contributed by atoms with E-state index in [9.17, 15) is 0 Å². The Bertz CT molecular complexity index is 391. The van der Waals surface area contributed by atoms with E-state index in [2.05, 4.69) is 57.3 Å². The van der Waals surface area contributed by atoms with Gasteiger partial charge in [0.2, 0.25) is 0 Å². The monoisotopic (exact) mass is 259 g/mol. The molecule has 0 amide bonds. The Morgan fingerprint density at radius 2 is 1.95 bits per heavy atom. The molecule has 1 heteroatoms. The largest absolute Gasteiger partial charge is 0.382 e. The highest BCUT2D eigenvalue weighted by atomic mass is 14.9. The number of hydrogen-bond donors (Lipinski definition) is 1. The average molecular weight is 259 g/mol. The van der Waals surface area contributed by atoms with Gasteiger partial charge in [-0.05, 0) is 54.7 Å². The van der Waals surface area contributed by atoms with Gasteiger partial charge in [-0.25, -0.2) is 0 Å². The molecule has 0 radical (unpaired) electrons. The van der Waals surface area contributed by atoms with Crippen LogP contribution in [-0.2, 0) is 0 Å². The molecule has 1 N–H and O–H groups in total. The van der Waals surface area contributed by atoms with Gasteiger partial charge in [0.05, 0.1) is 0 Å². The van der Waals surface area contributed by atoms with Crippen molar-refractivity contribution in [1.82, 2.24) is 0 Å². The second-order valence-electron chi connectivity index (χ2n) is 7.03. The molecule has 2 rings (SSSR count). The second kappa shape index (κ2) is 5.98. The Hall–Kier alpha value is -0.980. The number of rotatable bonds is 4. The Balaban J connectivity index is 1.96. The standard InChI is InChI=1S/C18H29N/c1-5-14(2)15-8-10-16(11-9-15)19-17-7-6-12-18(3,4)13-17/h8-11,14,17,19H,5-7,12-13H2,1-4H3. The zero-order valence-corrected chi connectivity index (χ0v) is 13.0. The Kier molecular flexibility index (Phi) is 4.54. The van der Waals surface area contributed by atoms with Crippen molar-refractivity contribution in [1.29, 1.82) is 0 Å². The van der Waals surface area contributed by atoms with Crippen molar-refractivity contribution in [2.75, 3.05) is 5.32 Å². The first-order valence-electron chi connectivity index (χ1n) is 7.87. The Labute approximate surface area is 118 Å². The molecule has 0 bridgehead atoms. The maximum Gasteiger partial charge on any atom is 0.0342 e. The molecule has 0 aromatic heterocycles. The van der Waals surface area contributed by atoms with Crippen LogP contribution in [0.5, 0.6) is 0 Å². The molecule has 2 unspecified atom stereocenters. The minimum absolute atomic E-state index is 0.507. The molecule has 1 nitrogen and oxygen atoms in total. The highest BCUT2D eigenvalue weighted by Gasteiger charge is 2.27. The predicted molar refractivity (Wildman–Crippen MR) is 84.8 cm³/mol. The average Bonchev–Trinajstić information content (AvgIpc) is 2.37. The van der Waals surface area contributed by atoms with Crippen molar-refractivity contribution in [2.24, 2.45) is 5.41 Å². The van der Waals surface area contributed by atoms with Gasteiger partial charge in [-0.3, -0.25) is 0 Å². The second-order valence-corrected chi connectivity index (χ2v) is 7.03. The lowest BCUT2D eigenvalue weighted by Crippen LogP contribution is -2.31. The third-order valence-electron chi connectivity index (χ3n) is 4.67. The van der Waals surface area contributed by atoms with Crippen LogP contribution in [0.1, 0.15) is 71.3 Å². The molecule has 106 valence electrons. The van der Waals surface area contributed by atoms with Gasteiger partial charge < -0.3 is 5.32 Å². The van der Waals surface area contributed by atoms with Crippen molar-refractivity contribution >= 4 is 5.69 Å². The van der Waals surface area contributed by atoms with E-state index in [0.717, 1.165) is 0 Å². The van der Waals surface area contributed by atoms with E-state index in [1.54, 1.807) is 0 Å². The molecule has 1 aliphatic rings. The maximum atomic E-state index is 3.72. The van der Waals surface area contributed by atoms with Crippen molar-refractivity contribution in [3.8, 4) is 0 Å². The fourth-order valence-corrected chi connectivity index (χ4v) is 3.20. The van der Waals surface area contributed by atoms with Crippen LogP contribution in [0.2, 0.25) is 0 Å². The summed E-state index contributed by atoms with van der Waals surface area (Å²) in [4.78, 5) is 0. The molecular formula is C18H29N. The van der Waals surface area contributed by atoms with Gasteiger partial charge in [-0.15, -0.1) is 0 Å². The molecular weight excluding hydrogens is 230 g/mol. The molecule has 0 heterocycles. The van der Waals surface area contributed by atoms with Crippen molar-refractivity contribution in [2.45, 2.75) is 71.8 Å². The molecule has 0 saturated heterocycles. The topological polar surface area (TPSA) is 12.0 Å². The normalized spacial score (nSPS) is 23.9. The van der Waals surface area contributed by atoms with Gasteiger partial charge in [0.1, 0.15) is 0 Å². The number of hydrogen-bond acceptors (Lipinski definition) is 1. The molecule has 1 aromatic rings. The van der Waals surface area contributed by atoms with Gasteiger partial charge in [-0.1, -0.05) is 46.2 Å². The van der Waals surface area contributed by atoms with E-state index in [0.29, 0.717) is 17.4 Å². The van der Waals surface area contributed by atoms with Gasteiger partial charge in [-0.2, -0.15) is 0 Å². The van der Waals surface area contributed by atoms with Gasteiger partial charge in [0.15, 0.2) is 0 Å². The molecule has 1 aliphatic carbocycles. The Morgan fingerprint density at radius 1 is 1.26 bits per heavy atom. The first-order chi connectivity index (χ1) is 9.00. The summed E-state index contributed by atoms with van der Waals surface area (Å²) in [6.45, 7) is 9.34. The summed E-state index contributed by atoms with van der Waals surface area (Å²) in [6.07, 6.45) is 6.55. The van der Waals surface area contributed by atoms with Crippen molar-refractivity contribution < 1.29 is 0 Å². The lowest BCUT2D eigenvalue weighted by Gasteiger charge is -2.36. The van der Waals surface area contributed by atoms with Crippen LogP contribution in [0, 0.1) is 5.41 Å². The molecule has 1 saturated carbocycles. The quantitative estimate of drug-likeness (QED) is 0.744. The van der Waals surface area contributed by atoms with E-state index in [1.807, 2.05) is 0 Å². The maximum absolute atomic E-state index is 3.72. The summed E-state index contributed by atoms with van der Waals surface area (Å²) in [5, 5.41) is 3.72. The van der Waals surface area contributed by atoms with Crippen LogP contribution in [0.4, 0.5) is 5.69 Å². The summed E-state index contributed by atoms with van der Waals surface area (Å²) >= 11 is 0. The first kappa shape index (κ1) is 14.4. The highest BCUT2D eigenvalue weighted by molar-refractivity contribution is 5.46. The van der Waals surface area contributed by atoms with Crippen LogP contribution < -0.4 is 5.32 Å². The first-order valence-corrected chi connectivity index (χ1v) is 7.87. The summed E-state index contributed by atoms with van der Waals surface area (Å²) in [5.74, 6) is 0.669. The zero-order chi connectivity index (χ0) is 13.9. The van der Waals surface area contributed by atoms with E-state index in [4.69, 9.17) is 0 Å². The molecule has 2 atom stereocenters. The van der Waals surface area contributed by atoms with Crippen LogP contribution in [0.3, 0.4) is 0 Å². The third-order valence-corrected chi connectivity index (χ3v) is 4.67. The molecule has 0 spiro atoms. The third kappa shape index (κ3) is 3.99. The minimum Gasteiger partial charge on any atom is -0.382 e. The highest BCUT2D eigenvalue weighted by Crippen LogP contribution is 2.36. The van der Waals surface area contributed by atoms with Crippen LogP contribution in [0.15, 0.2) is 24.3 Å². The van der Waals surface area contributed by atoms with Crippen LogP contribution in [0.25, 0.3) is 0 Å². The fourth-order valence-electron chi connectivity index (χ4n) is 3.20. The number of nitrogens with one attached hydrogen (secondary N) is 1. The fraction of sp³-hybridized carbons (Fsp3) is 0.667. The zero-order valence-electron chi connectivity index (χ0n) is 13.0. The molecule has 1 aromatic carbocycles. The van der Waals surface area contributed by atoms with E-state index >= 15 is 0 Å². The van der Waals surface area contributed by atoms with Crippen molar-refractivity contribution in [3.05, 3.63) is 29.8 Å². The summed E-state index contributed by atoms with van der Waals surface area (Å²) < 4.78 is 0. The van der Waals surface area contributed by atoms with Gasteiger partial charge >= 0.3 is 0 Å². The van der Waals surface area contributed by atoms with Crippen LogP contribution in [-0.4, -0.2) is 6.04 Å². The predicted octanol–water partition coefficient (Wildman–Crippen LogP) is 5.58. The summed E-state index contributed by atoms with van der Waals surface area (Å²) in [6, 6.07) is 9.72. The summed E-state index contributed by atoms with van der Waals surface area (Å²) in [5.41, 5.74) is 3.25. The van der Waals surface area contributed by atoms with E-state index in [1.165, 1.54) is 43.4 Å². The van der Waals surface area contributed by atoms with E-state index < -0.39 is 0 Å². The summed E-state index contributed by atoms with van der Waals surface area (Å²) in [7, 11) is 0. The minimum atomic E-state index is 0.507. The molecule has 19 heavy (non-hydrogen) atoms. The Morgan fingerprint density at radius 3 is 2.53 bits per heavy atom. The number of benzene rings is 1. The SMILES string of the molecule is CCC(C)c1ccc(NC2CCCC(C)(C)C2)cc1. The number of anilines is 1. The van der Waals surface area contributed by atoms with Crippen LogP contribution >= 0.6 is 0 Å². The van der Waals surface area contributed by atoms with Gasteiger partial charge in [0.25, 0.3) is 0 Å². The van der Waals surface area contributed by atoms with Crippen molar-refractivity contribution in [3.63, 3.8) is 0 Å². The smallest absolute Gasteiger partial charge is 0.0342 e. The lowest BCUT2D eigenvalue weighted by molar-refractivity contribution is 0.229. The molecule has 0 aliphatic heterocycles. The lowest BCUT2D eigenvalue weighted by atomic mass is 9.75. The molecule has 1 fully saturated rings. The van der Waals surface area contributed by atoms with Gasteiger partial charge in [0, 0.05) is 11.7 Å². The van der Waals surface area contributed by atoms with E-state index in [-0.39, 0.29) is 0 Å².